The molecule has 2 heterocycles. The number of carbonyl (C=O) groups is 1. The molecule has 3 unspecified atom stereocenters. The fourth-order valence-corrected chi connectivity index (χ4v) is 6.11. The van der Waals surface area contributed by atoms with E-state index in [0.717, 1.165) is 70.3 Å². The number of unbranched alkanes of at least 4 members (excludes halogenated alkanes) is 1. The van der Waals surface area contributed by atoms with Gasteiger partial charge in [0.2, 0.25) is 0 Å². The number of hydrogen-bond donors (Lipinski definition) is 0. The molecule has 5 nitrogen and oxygen atoms in total. The zero-order valence-corrected chi connectivity index (χ0v) is 20.3. The fourth-order valence-electron chi connectivity index (χ4n) is 6.11. The summed E-state index contributed by atoms with van der Waals surface area (Å²) in [7, 11) is 0. The Bertz CT molecular complexity index is 620. The number of ketones is 1. The smallest absolute Gasteiger partial charge is 0.199 e. The Morgan fingerprint density at radius 2 is 1.84 bits per heavy atom. The molecule has 2 saturated carbocycles. The van der Waals surface area contributed by atoms with Gasteiger partial charge in [0.15, 0.2) is 12.6 Å². The van der Waals surface area contributed by atoms with Gasteiger partial charge in [-0.1, -0.05) is 33.1 Å². The van der Waals surface area contributed by atoms with Gasteiger partial charge in [0.05, 0.1) is 12.7 Å². The third kappa shape index (κ3) is 6.36. The van der Waals surface area contributed by atoms with E-state index in [9.17, 15) is 4.79 Å². The maximum absolute atomic E-state index is 12.3. The van der Waals surface area contributed by atoms with E-state index in [1.807, 2.05) is 0 Å². The summed E-state index contributed by atoms with van der Waals surface area (Å²) in [6.07, 6.45) is 15.6. The van der Waals surface area contributed by atoms with E-state index in [-0.39, 0.29) is 24.6 Å². The summed E-state index contributed by atoms with van der Waals surface area (Å²) in [4.78, 5) is 12.3. The highest BCUT2D eigenvalue weighted by atomic mass is 16.7. The Labute approximate surface area is 194 Å². The van der Waals surface area contributed by atoms with Gasteiger partial charge in [0.25, 0.3) is 0 Å². The summed E-state index contributed by atoms with van der Waals surface area (Å²) in [5, 5.41) is 0. The SMILES string of the molecule is CCCCC(C)CC=C(OC1CCCCO1)[C@@H]1[C@H]2CC(=O)C[C@H]2C[C@H]1OC1CCCCO1. The predicted molar refractivity (Wildman–Crippen MR) is 124 cm³/mol. The molecular weight excluding hydrogens is 404 g/mol. The van der Waals surface area contributed by atoms with E-state index >= 15 is 0 Å². The summed E-state index contributed by atoms with van der Waals surface area (Å²) >= 11 is 0. The van der Waals surface area contributed by atoms with Gasteiger partial charge in [-0.3, -0.25) is 4.79 Å². The van der Waals surface area contributed by atoms with Crippen LogP contribution < -0.4 is 0 Å². The van der Waals surface area contributed by atoms with Gasteiger partial charge in [-0.2, -0.15) is 0 Å². The van der Waals surface area contributed by atoms with E-state index in [0.29, 0.717) is 36.4 Å². The number of Topliss-reactive ketones (excluding diaryl/α,β-unsaturated/α-hetero) is 1. The van der Waals surface area contributed by atoms with Crippen LogP contribution >= 0.6 is 0 Å². The van der Waals surface area contributed by atoms with Gasteiger partial charge in [0, 0.05) is 31.8 Å². The molecule has 0 amide bonds. The average molecular weight is 449 g/mol. The van der Waals surface area contributed by atoms with Crippen molar-refractivity contribution in [1.29, 1.82) is 0 Å². The van der Waals surface area contributed by atoms with Crippen molar-refractivity contribution in [3.8, 4) is 0 Å². The summed E-state index contributed by atoms with van der Waals surface area (Å²) in [6, 6.07) is 0. The average Bonchev–Trinajstić information content (AvgIpc) is 3.31. The van der Waals surface area contributed by atoms with Crippen molar-refractivity contribution in [2.75, 3.05) is 13.2 Å². The molecular formula is C27H44O5. The summed E-state index contributed by atoms with van der Waals surface area (Å²) in [6.45, 7) is 6.15. The van der Waals surface area contributed by atoms with Crippen molar-refractivity contribution in [3.63, 3.8) is 0 Å². The molecule has 0 aromatic rings. The largest absolute Gasteiger partial charge is 0.469 e. The second-order valence-corrected chi connectivity index (χ2v) is 10.6. The predicted octanol–water partition coefficient (Wildman–Crippen LogP) is 6.16. The molecule has 0 spiro atoms. The molecule has 0 bridgehead atoms. The molecule has 0 aromatic heterocycles. The number of hydrogen-bond acceptors (Lipinski definition) is 5. The van der Waals surface area contributed by atoms with Crippen molar-refractivity contribution in [3.05, 3.63) is 11.8 Å². The molecule has 4 aliphatic rings. The van der Waals surface area contributed by atoms with Crippen LogP contribution in [-0.2, 0) is 23.7 Å². The Kier molecular flexibility index (Phi) is 9.07. The van der Waals surface area contributed by atoms with E-state index in [2.05, 4.69) is 19.9 Å². The molecule has 4 fully saturated rings. The monoisotopic (exact) mass is 448 g/mol. The van der Waals surface area contributed by atoms with E-state index in [1.54, 1.807) is 0 Å². The van der Waals surface area contributed by atoms with Gasteiger partial charge >= 0.3 is 0 Å². The van der Waals surface area contributed by atoms with Gasteiger partial charge < -0.3 is 18.9 Å². The van der Waals surface area contributed by atoms with Crippen molar-refractivity contribution in [2.24, 2.45) is 23.7 Å². The van der Waals surface area contributed by atoms with Crippen molar-refractivity contribution in [2.45, 2.75) is 116 Å². The van der Waals surface area contributed by atoms with Crippen molar-refractivity contribution in [1.82, 2.24) is 0 Å². The first-order valence-electron chi connectivity index (χ1n) is 13.4. The normalized spacial score (nSPS) is 36.8. The molecule has 5 heteroatoms. The second kappa shape index (κ2) is 12.0. The Balaban J connectivity index is 1.52. The lowest BCUT2D eigenvalue weighted by Crippen LogP contribution is -2.34. The minimum absolute atomic E-state index is 0.0713. The van der Waals surface area contributed by atoms with Gasteiger partial charge in [0.1, 0.15) is 11.5 Å². The van der Waals surface area contributed by atoms with Gasteiger partial charge in [-0.15, -0.1) is 0 Å². The number of rotatable bonds is 10. The van der Waals surface area contributed by atoms with Crippen molar-refractivity contribution < 1.29 is 23.7 Å². The first-order valence-corrected chi connectivity index (χ1v) is 13.4. The number of carbonyl (C=O) groups excluding carboxylic acids is 1. The molecule has 182 valence electrons. The number of ether oxygens (including phenoxy) is 4. The molecule has 0 radical (unpaired) electrons. The summed E-state index contributed by atoms with van der Waals surface area (Å²) < 4.78 is 25.1. The lowest BCUT2D eigenvalue weighted by molar-refractivity contribution is -0.201. The highest BCUT2D eigenvalue weighted by Crippen LogP contribution is 2.51. The molecule has 4 rings (SSSR count). The third-order valence-electron chi connectivity index (χ3n) is 7.93. The van der Waals surface area contributed by atoms with E-state index in [4.69, 9.17) is 18.9 Å². The lowest BCUT2D eigenvalue weighted by Gasteiger charge is -2.34. The Morgan fingerprint density at radius 3 is 2.53 bits per heavy atom. The standard InChI is InChI=1S/C27H44O5/c1-3-4-9-19(2)12-13-23(31-25-10-5-7-14-29-25)27-22-18-21(28)16-20(22)17-24(27)32-26-11-6-8-15-30-26/h13,19-20,22,24-27H,3-12,14-18H2,1-2H3/t19?,20-,22-,24+,25?,26?,27-/m0/s1. The molecule has 0 aromatic carbocycles. The zero-order chi connectivity index (χ0) is 22.3. The lowest BCUT2D eigenvalue weighted by atomic mass is 9.88. The summed E-state index contributed by atoms with van der Waals surface area (Å²) in [5.41, 5.74) is 0. The summed E-state index contributed by atoms with van der Waals surface area (Å²) in [5.74, 6) is 2.95. The maximum atomic E-state index is 12.3. The van der Waals surface area contributed by atoms with Crippen LogP contribution in [-0.4, -0.2) is 37.7 Å². The topological polar surface area (TPSA) is 54.0 Å². The van der Waals surface area contributed by atoms with E-state index < -0.39 is 0 Å². The van der Waals surface area contributed by atoms with Crippen LogP contribution in [0.5, 0.6) is 0 Å². The molecule has 7 atom stereocenters. The van der Waals surface area contributed by atoms with Crippen LogP contribution in [0.15, 0.2) is 11.8 Å². The zero-order valence-electron chi connectivity index (χ0n) is 20.3. The van der Waals surface area contributed by atoms with Gasteiger partial charge in [-0.05, 0) is 68.8 Å². The van der Waals surface area contributed by atoms with Crippen LogP contribution in [0, 0.1) is 23.7 Å². The molecule has 0 N–H and O–H groups in total. The van der Waals surface area contributed by atoms with Crippen molar-refractivity contribution >= 4 is 5.78 Å². The number of allylic oxidation sites excluding steroid dienone is 1. The van der Waals surface area contributed by atoms with Crippen LogP contribution in [0.1, 0.15) is 97.3 Å². The minimum Gasteiger partial charge on any atom is -0.469 e. The van der Waals surface area contributed by atoms with Crippen LogP contribution in [0.2, 0.25) is 0 Å². The molecule has 2 aliphatic heterocycles. The second-order valence-electron chi connectivity index (χ2n) is 10.6. The highest BCUT2D eigenvalue weighted by molar-refractivity contribution is 5.81. The van der Waals surface area contributed by atoms with Crippen LogP contribution in [0.3, 0.4) is 0 Å². The molecule has 32 heavy (non-hydrogen) atoms. The Hall–Kier alpha value is -0.910. The molecule has 2 saturated heterocycles. The van der Waals surface area contributed by atoms with Crippen LogP contribution in [0.4, 0.5) is 0 Å². The first-order chi connectivity index (χ1) is 15.6. The highest BCUT2D eigenvalue weighted by Gasteiger charge is 2.51. The number of fused-ring (bicyclic) bond motifs is 1. The first kappa shape index (κ1) is 24.2. The molecule has 2 aliphatic carbocycles. The maximum Gasteiger partial charge on any atom is 0.199 e. The Morgan fingerprint density at radius 1 is 1.09 bits per heavy atom. The fraction of sp³-hybridized carbons (Fsp3) is 0.889. The van der Waals surface area contributed by atoms with E-state index in [1.165, 1.54) is 19.3 Å². The van der Waals surface area contributed by atoms with Crippen LogP contribution in [0.25, 0.3) is 0 Å². The minimum atomic E-state index is -0.163. The third-order valence-corrected chi connectivity index (χ3v) is 7.93. The quantitative estimate of drug-likeness (QED) is 0.375. The van der Waals surface area contributed by atoms with Gasteiger partial charge in [-0.25, -0.2) is 0 Å².